The Kier molecular flexibility index (Phi) is 5.35. The van der Waals surface area contributed by atoms with Crippen molar-refractivity contribution in [3.8, 4) is 0 Å². The Balaban J connectivity index is 2.07. The number of carbonyl (C=O) groups excluding carboxylic acids is 2. The summed E-state index contributed by atoms with van der Waals surface area (Å²) in [5, 5.41) is 11.1. The van der Waals surface area contributed by atoms with Crippen molar-refractivity contribution < 1.29 is 19.2 Å². The predicted molar refractivity (Wildman–Crippen MR) is 99.9 cm³/mol. The van der Waals surface area contributed by atoms with Crippen molar-refractivity contribution in [1.82, 2.24) is 4.90 Å². The predicted octanol–water partition coefficient (Wildman–Crippen LogP) is 3.41. The second-order valence-electron chi connectivity index (χ2n) is 7.61. The lowest BCUT2D eigenvalue weighted by Crippen LogP contribution is -2.41. The number of ketones is 2. The van der Waals surface area contributed by atoms with Crippen LogP contribution in [-0.2, 0) is 9.53 Å². The number of morpholine rings is 1. The summed E-state index contributed by atoms with van der Waals surface area (Å²) in [7, 11) is 0. The van der Waals surface area contributed by atoms with Crippen molar-refractivity contribution in [2.45, 2.75) is 26.7 Å². The first-order valence-corrected chi connectivity index (χ1v) is 9.15. The van der Waals surface area contributed by atoms with Gasteiger partial charge < -0.3 is 9.64 Å². The highest BCUT2D eigenvalue weighted by molar-refractivity contribution is 6.33. The second-order valence-corrected chi connectivity index (χ2v) is 8.02. The highest BCUT2D eigenvalue weighted by atomic mass is 35.5. The van der Waals surface area contributed by atoms with Crippen LogP contribution in [0.15, 0.2) is 29.5 Å². The summed E-state index contributed by atoms with van der Waals surface area (Å²) in [6.07, 6.45) is 0.854. The maximum absolute atomic E-state index is 13.2. The van der Waals surface area contributed by atoms with E-state index in [-0.39, 0.29) is 39.5 Å². The second kappa shape index (κ2) is 7.40. The molecule has 0 aromatic heterocycles. The fraction of sp³-hybridized carbons (Fsp3) is 0.474. The molecule has 27 heavy (non-hydrogen) atoms. The number of hydrogen-bond acceptors (Lipinski definition) is 6. The molecule has 1 aromatic rings. The molecule has 8 heteroatoms. The Hall–Kier alpha value is -2.25. The molecule has 0 N–H and O–H groups in total. The van der Waals surface area contributed by atoms with Gasteiger partial charge in [-0.3, -0.25) is 19.7 Å². The van der Waals surface area contributed by atoms with E-state index in [0.29, 0.717) is 38.4 Å². The molecule has 0 unspecified atom stereocenters. The van der Waals surface area contributed by atoms with E-state index < -0.39 is 10.7 Å². The van der Waals surface area contributed by atoms with Gasteiger partial charge >= 0.3 is 0 Å². The molecule has 1 aliphatic carbocycles. The molecule has 0 saturated carbocycles. The molecule has 0 atom stereocenters. The van der Waals surface area contributed by atoms with E-state index in [1.54, 1.807) is 0 Å². The molecule has 3 rings (SSSR count). The quantitative estimate of drug-likeness (QED) is 0.337. The van der Waals surface area contributed by atoms with Crippen LogP contribution in [-0.4, -0.2) is 47.7 Å². The molecule has 0 bridgehead atoms. The molecule has 0 amide bonds. The molecule has 1 aromatic carbocycles. The van der Waals surface area contributed by atoms with E-state index in [0.717, 1.165) is 6.07 Å². The SMILES string of the molecule is CC1(C)CC(=O)C(C(=O)c2ccc(Cl)c([N+](=O)[O-])c2)=C(N2CCOCC2)C1. The Labute approximate surface area is 162 Å². The first kappa shape index (κ1) is 19.5. The number of allylic oxidation sites excluding steroid dienone is 2. The van der Waals surface area contributed by atoms with Crippen LogP contribution in [0.1, 0.15) is 37.0 Å². The van der Waals surface area contributed by atoms with Crippen LogP contribution in [0.2, 0.25) is 5.02 Å². The van der Waals surface area contributed by atoms with E-state index >= 15 is 0 Å². The number of carbonyl (C=O) groups is 2. The van der Waals surface area contributed by atoms with Gasteiger partial charge in [0.25, 0.3) is 5.69 Å². The summed E-state index contributed by atoms with van der Waals surface area (Å²) in [6, 6.07) is 3.88. The number of nitro benzene ring substituents is 1. The monoisotopic (exact) mass is 392 g/mol. The molecule has 0 radical (unpaired) electrons. The minimum Gasteiger partial charge on any atom is -0.378 e. The number of rotatable bonds is 4. The van der Waals surface area contributed by atoms with E-state index in [4.69, 9.17) is 16.3 Å². The van der Waals surface area contributed by atoms with Crippen LogP contribution in [0.5, 0.6) is 0 Å². The highest BCUT2D eigenvalue weighted by Crippen LogP contribution is 2.40. The Morgan fingerprint density at radius 2 is 1.93 bits per heavy atom. The molecular weight excluding hydrogens is 372 g/mol. The maximum atomic E-state index is 13.2. The molecule has 1 aliphatic heterocycles. The maximum Gasteiger partial charge on any atom is 0.288 e. The normalized spacial score (nSPS) is 20.0. The van der Waals surface area contributed by atoms with E-state index in [2.05, 4.69) is 0 Å². The first-order chi connectivity index (χ1) is 12.7. The first-order valence-electron chi connectivity index (χ1n) is 8.77. The zero-order chi connectivity index (χ0) is 19.8. The third kappa shape index (κ3) is 4.04. The highest BCUT2D eigenvalue weighted by Gasteiger charge is 2.38. The van der Waals surface area contributed by atoms with E-state index in [9.17, 15) is 19.7 Å². The standard InChI is InChI=1S/C19H21ClN2O5/c1-19(2)10-15(21-5-7-27-8-6-21)17(16(23)11-19)18(24)12-3-4-13(20)14(9-12)22(25)26/h3-4,9H,5-8,10-11H2,1-2H3. The fourth-order valence-electron chi connectivity index (χ4n) is 3.59. The number of hydrogen-bond donors (Lipinski definition) is 0. The Morgan fingerprint density at radius 1 is 1.26 bits per heavy atom. The van der Waals surface area contributed by atoms with Gasteiger partial charge in [-0.2, -0.15) is 0 Å². The topological polar surface area (TPSA) is 89.8 Å². The number of ether oxygens (including phenoxy) is 1. The van der Waals surface area contributed by atoms with Crippen LogP contribution in [0.4, 0.5) is 5.69 Å². The summed E-state index contributed by atoms with van der Waals surface area (Å²) in [4.78, 5) is 38.6. The minimum absolute atomic E-state index is 0.0463. The summed E-state index contributed by atoms with van der Waals surface area (Å²) in [5.41, 5.74) is 0.343. The molecular formula is C19H21ClN2O5. The van der Waals surface area contributed by atoms with E-state index in [1.165, 1.54) is 12.1 Å². The molecule has 1 fully saturated rings. The van der Waals surface area contributed by atoms with E-state index in [1.807, 2.05) is 18.7 Å². The zero-order valence-corrected chi connectivity index (χ0v) is 16.0. The number of nitro groups is 1. The van der Waals surface area contributed by atoms with Gasteiger partial charge in [0, 0.05) is 36.8 Å². The van der Waals surface area contributed by atoms with Crippen molar-refractivity contribution in [1.29, 1.82) is 0 Å². The molecule has 1 saturated heterocycles. The van der Waals surface area contributed by atoms with Crippen LogP contribution in [0.3, 0.4) is 0 Å². The molecule has 7 nitrogen and oxygen atoms in total. The molecule has 1 heterocycles. The lowest BCUT2D eigenvalue weighted by molar-refractivity contribution is -0.384. The number of Topliss-reactive ketones (excluding diaryl/α,β-unsaturated/α-hetero) is 2. The van der Waals surface area contributed by atoms with Crippen LogP contribution < -0.4 is 0 Å². The number of nitrogens with zero attached hydrogens (tertiary/aromatic N) is 2. The smallest absolute Gasteiger partial charge is 0.288 e. The third-order valence-corrected chi connectivity index (χ3v) is 5.20. The van der Waals surface area contributed by atoms with Crippen LogP contribution in [0, 0.1) is 15.5 Å². The van der Waals surface area contributed by atoms with Crippen molar-refractivity contribution in [3.63, 3.8) is 0 Å². The number of halogens is 1. The average molecular weight is 393 g/mol. The fourth-order valence-corrected chi connectivity index (χ4v) is 3.77. The number of benzene rings is 1. The summed E-state index contributed by atoms with van der Waals surface area (Å²) in [6.45, 7) is 6.28. The van der Waals surface area contributed by atoms with Crippen molar-refractivity contribution in [3.05, 3.63) is 50.2 Å². The zero-order valence-electron chi connectivity index (χ0n) is 15.3. The minimum atomic E-state index is -0.637. The summed E-state index contributed by atoms with van der Waals surface area (Å²) < 4.78 is 5.38. The average Bonchev–Trinajstić information content (AvgIpc) is 2.60. The van der Waals surface area contributed by atoms with Crippen LogP contribution >= 0.6 is 11.6 Å². The van der Waals surface area contributed by atoms with Gasteiger partial charge in [0.05, 0.1) is 23.7 Å². The van der Waals surface area contributed by atoms with Gasteiger partial charge in [-0.05, 0) is 24.0 Å². The van der Waals surface area contributed by atoms with Gasteiger partial charge in [-0.25, -0.2) is 0 Å². The Bertz CT molecular complexity index is 841. The Morgan fingerprint density at radius 3 is 2.56 bits per heavy atom. The van der Waals surface area contributed by atoms with Crippen molar-refractivity contribution in [2.75, 3.05) is 26.3 Å². The van der Waals surface area contributed by atoms with Gasteiger partial charge in [0.2, 0.25) is 0 Å². The lowest BCUT2D eigenvalue weighted by Gasteiger charge is -2.39. The molecule has 144 valence electrons. The third-order valence-electron chi connectivity index (χ3n) is 4.88. The summed E-state index contributed by atoms with van der Waals surface area (Å²) in [5.74, 6) is -0.716. The van der Waals surface area contributed by atoms with Crippen molar-refractivity contribution in [2.24, 2.45) is 5.41 Å². The lowest BCUT2D eigenvalue weighted by atomic mass is 9.74. The summed E-state index contributed by atoms with van der Waals surface area (Å²) >= 11 is 5.84. The molecule has 2 aliphatic rings. The van der Waals surface area contributed by atoms with Gasteiger partial charge in [0.1, 0.15) is 5.02 Å². The van der Waals surface area contributed by atoms with Gasteiger partial charge in [-0.15, -0.1) is 0 Å². The largest absolute Gasteiger partial charge is 0.378 e. The molecule has 0 spiro atoms. The van der Waals surface area contributed by atoms with Crippen LogP contribution in [0.25, 0.3) is 0 Å². The van der Waals surface area contributed by atoms with Gasteiger partial charge in [-0.1, -0.05) is 25.4 Å². The van der Waals surface area contributed by atoms with Crippen molar-refractivity contribution >= 4 is 28.9 Å². The van der Waals surface area contributed by atoms with Gasteiger partial charge in [0.15, 0.2) is 11.6 Å².